The van der Waals surface area contributed by atoms with Crippen molar-refractivity contribution >= 4 is 16.8 Å². The third-order valence-corrected chi connectivity index (χ3v) is 9.26. The number of phenols is 4. The van der Waals surface area contributed by atoms with Crippen LogP contribution in [-0.2, 0) is 6.42 Å². The second kappa shape index (κ2) is 12.6. The fraction of sp³-hybridized carbons (Fsp3) is 0.263. The smallest absolute Gasteiger partial charge is 0.238 e. The summed E-state index contributed by atoms with van der Waals surface area (Å²) in [6.07, 6.45) is 0.474. The normalized spacial score (nSPS) is 18.2. The molecule has 0 fully saturated rings. The summed E-state index contributed by atoms with van der Waals surface area (Å²) in [7, 11) is 3.16. The lowest BCUT2D eigenvalue weighted by molar-refractivity contribution is 0.0554. The molecule has 0 spiro atoms. The third kappa shape index (κ3) is 5.60. The van der Waals surface area contributed by atoms with Crippen molar-refractivity contribution in [1.82, 2.24) is 0 Å². The summed E-state index contributed by atoms with van der Waals surface area (Å²) in [6, 6.07) is 13.0. The van der Waals surface area contributed by atoms with E-state index >= 15 is 0 Å². The molecule has 3 unspecified atom stereocenters. The predicted molar refractivity (Wildman–Crippen MR) is 182 cm³/mol. The summed E-state index contributed by atoms with van der Waals surface area (Å²) in [5.74, 6) is 0.526. The molecule has 4 aromatic carbocycles. The Kier molecular flexibility index (Phi) is 8.20. The van der Waals surface area contributed by atoms with E-state index in [9.17, 15) is 35.1 Å². The first kappa shape index (κ1) is 33.3. The number of methoxy groups -OCH3 is 2. The molecule has 0 saturated carbocycles. The number of aromatic hydroxyl groups is 5. The van der Waals surface area contributed by atoms with Gasteiger partial charge in [-0.05, 0) is 42.3 Å². The second-order valence-electron chi connectivity index (χ2n) is 12.7. The summed E-state index contributed by atoms with van der Waals surface area (Å²) in [4.78, 5) is 25.7. The van der Waals surface area contributed by atoms with Crippen LogP contribution in [0.3, 0.4) is 0 Å². The minimum atomic E-state index is -0.888. The zero-order chi connectivity index (χ0) is 36.3. The highest BCUT2D eigenvalue weighted by Gasteiger charge is 2.45. The monoisotopic (exact) mass is 698 g/mol. The Labute approximate surface area is 290 Å². The lowest BCUT2D eigenvalue weighted by Crippen LogP contribution is -2.43. The minimum absolute atomic E-state index is 0.0452. The first-order chi connectivity index (χ1) is 24.4. The molecular weight excluding hydrogens is 664 g/mol. The molecule has 5 N–H and O–H groups in total. The minimum Gasteiger partial charge on any atom is -0.508 e. The topological polar surface area (TPSA) is 195 Å². The van der Waals surface area contributed by atoms with Crippen LogP contribution < -0.4 is 29.1 Å². The van der Waals surface area contributed by atoms with E-state index in [0.29, 0.717) is 41.1 Å². The lowest BCUT2D eigenvalue weighted by Gasteiger charge is -2.37. The van der Waals surface area contributed by atoms with Gasteiger partial charge < -0.3 is 53.6 Å². The molecule has 8 rings (SSSR count). The summed E-state index contributed by atoms with van der Waals surface area (Å²) in [6.45, 7) is 4.58. The van der Waals surface area contributed by atoms with Crippen LogP contribution in [0.25, 0.3) is 22.3 Å². The molecule has 264 valence electrons. The Hall–Kier alpha value is -6.24. The van der Waals surface area contributed by atoms with E-state index in [-0.39, 0.29) is 51.8 Å². The van der Waals surface area contributed by atoms with Crippen molar-refractivity contribution in [2.45, 2.75) is 38.4 Å². The van der Waals surface area contributed by atoms with Gasteiger partial charge in [-0.25, -0.2) is 0 Å². The molecule has 0 saturated heterocycles. The van der Waals surface area contributed by atoms with E-state index in [1.165, 1.54) is 6.07 Å². The van der Waals surface area contributed by atoms with Crippen LogP contribution in [0.5, 0.6) is 57.5 Å². The maximum Gasteiger partial charge on any atom is 0.238 e. The number of hydrogen-bond donors (Lipinski definition) is 5. The van der Waals surface area contributed by atoms with Gasteiger partial charge in [0, 0.05) is 41.3 Å². The lowest BCUT2D eigenvalue weighted by atomic mass is 9.81. The quantitative estimate of drug-likeness (QED) is 0.142. The number of ketones is 1. The van der Waals surface area contributed by atoms with Crippen molar-refractivity contribution in [3.63, 3.8) is 0 Å². The maximum absolute atomic E-state index is 13.5. The molecule has 13 heteroatoms. The molecule has 13 nitrogen and oxygen atoms in total. The molecule has 0 radical (unpaired) electrons. The molecule has 3 atom stereocenters. The number of phenolic OH excluding ortho intramolecular Hbond substituents is 4. The Balaban J connectivity index is 0.000000166. The number of rotatable bonds is 4. The van der Waals surface area contributed by atoms with Crippen LogP contribution in [0.4, 0.5) is 0 Å². The fourth-order valence-corrected chi connectivity index (χ4v) is 6.60. The Morgan fingerprint density at radius 2 is 1.55 bits per heavy atom. The van der Waals surface area contributed by atoms with Gasteiger partial charge in [-0.2, -0.15) is 0 Å². The molecule has 51 heavy (non-hydrogen) atoms. The zero-order valence-corrected chi connectivity index (χ0v) is 27.9. The van der Waals surface area contributed by atoms with E-state index in [1.807, 2.05) is 18.2 Å². The highest BCUT2D eigenvalue weighted by molar-refractivity contribution is 6.06. The van der Waals surface area contributed by atoms with Crippen molar-refractivity contribution < 1.29 is 58.4 Å². The van der Waals surface area contributed by atoms with Crippen LogP contribution in [0.15, 0.2) is 63.8 Å². The van der Waals surface area contributed by atoms with Crippen LogP contribution in [-0.4, -0.2) is 64.4 Å². The SMILES string of the molecule is COc1cc2c(cc1OC)C1C(=O)c3ccc4c(c3OC1CO2)CC(C(C)C)O4.O=c1c(O)c(-c2ccc(O)c(O)c2)oc2cc(O)cc(O)c12. The molecule has 3 aliphatic rings. The number of carbonyl (C=O) groups excluding carboxylic acids is 1. The van der Waals surface area contributed by atoms with Crippen molar-refractivity contribution in [3.8, 4) is 68.8 Å². The highest BCUT2D eigenvalue weighted by atomic mass is 16.5. The first-order valence-corrected chi connectivity index (χ1v) is 16.1. The summed E-state index contributed by atoms with van der Waals surface area (Å²) >= 11 is 0. The second-order valence-corrected chi connectivity index (χ2v) is 12.7. The van der Waals surface area contributed by atoms with Crippen molar-refractivity contribution in [2.24, 2.45) is 5.92 Å². The standard InChI is InChI=1S/C23H24O6.C15H10O7/c1-11(2)16-8-14-15(28-16)6-5-12-22(24)21-13-7-18(25-3)19(26-4)9-17(13)27-10-20(21)29-23(12)14;16-7-4-10(19)12-11(5-7)22-15(14(21)13(12)20)6-1-2-8(17)9(18)3-6/h5-7,9,11,16,20-21H,8,10H2,1-4H3;1-5,16-19,21H. The average Bonchev–Trinajstić information content (AvgIpc) is 3.56. The van der Waals surface area contributed by atoms with Crippen LogP contribution >= 0.6 is 0 Å². The highest BCUT2D eigenvalue weighted by Crippen LogP contribution is 2.50. The van der Waals surface area contributed by atoms with Gasteiger partial charge in [-0.3, -0.25) is 9.59 Å². The van der Waals surface area contributed by atoms with Gasteiger partial charge in [0.05, 0.1) is 25.7 Å². The zero-order valence-electron chi connectivity index (χ0n) is 27.9. The predicted octanol–water partition coefficient (Wildman–Crippen LogP) is 5.77. The van der Waals surface area contributed by atoms with Crippen molar-refractivity contribution in [3.05, 3.63) is 81.5 Å². The first-order valence-electron chi connectivity index (χ1n) is 16.1. The maximum atomic E-state index is 13.5. The molecule has 0 bridgehead atoms. The summed E-state index contributed by atoms with van der Waals surface area (Å²) in [5, 5.41) is 47.6. The van der Waals surface area contributed by atoms with E-state index in [1.54, 1.807) is 20.3 Å². The molecule has 0 amide bonds. The van der Waals surface area contributed by atoms with Crippen molar-refractivity contribution in [2.75, 3.05) is 20.8 Å². The van der Waals surface area contributed by atoms with Crippen LogP contribution in [0.2, 0.25) is 0 Å². The van der Waals surface area contributed by atoms with Gasteiger partial charge in [0.2, 0.25) is 11.2 Å². The Morgan fingerprint density at radius 1 is 0.804 bits per heavy atom. The van der Waals surface area contributed by atoms with E-state index < -0.39 is 28.6 Å². The molecule has 5 aromatic rings. The van der Waals surface area contributed by atoms with Gasteiger partial charge in [0.25, 0.3) is 0 Å². The summed E-state index contributed by atoms with van der Waals surface area (Å²) in [5.41, 5.74) is 1.48. The van der Waals surface area contributed by atoms with E-state index in [2.05, 4.69) is 13.8 Å². The molecule has 0 aliphatic carbocycles. The number of Topliss-reactive ketones (excluding diaryl/α,β-unsaturated/α-hetero) is 1. The van der Waals surface area contributed by atoms with Gasteiger partial charge in [0.15, 0.2) is 34.5 Å². The molecule has 4 heterocycles. The Bertz CT molecular complexity index is 2270. The largest absolute Gasteiger partial charge is 0.508 e. The van der Waals surface area contributed by atoms with Crippen LogP contribution in [0, 0.1) is 5.92 Å². The number of benzene rings is 4. The molecule has 3 aliphatic heterocycles. The number of carbonyl (C=O) groups is 1. The third-order valence-electron chi connectivity index (χ3n) is 9.26. The number of fused-ring (bicyclic) bond motifs is 7. The summed E-state index contributed by atoms with van der Waals surface area (Å²) < 4.78 is 34.5. The van der Waals surface area contributed by atoms with Gasteiger partial charge in [-0.15, -0.1) is 0 Å². The molecular formula is C38H34O13. The average molecular weight is 699 g/mol. The van der Waals surface area contributed by atoms with Gasteiger partial charge in [-0.1, -0.05) is 13.8 Å². The molecule has 1 aromatic heterocycles. The van der Waals surface area contributed by atoms with Gasteiger partial charge >= 0.3 is 0 Å². The van der Waals surface area contributed by atoms with E-state index in [4.69, 9.17) is 28.1 Å². The van der Waals surface area contributed by atoms with E-state index in [0.717, 1.165) is 47.6 Å². The Morgan fingerprint density at radius 3 is 2.25 bits per heavy atom. The number of ether oxygens (including phenoxy) is 5. The van der Waals surface area contributed by atoms with Crippen molar-refractivity contribution in [1.29, 1.82) is 0 Å². The fourth-order valence-electron chi connectivity index (χ4n) is 6.60. The number of hydrogen-bond acceptors (Lipinski definition) is 13. The van der Waals surface area contributed by atoms with Crippen LogP contribution in [0.1, 0.15) is 41.3 Å². The van der Waals surface area contributed by atoms with Gasteiger partial charge in [0.1, 0.15) is 58.5 Å².